The molecule has 0 heterocycles. The molecule has 0 saturated heterocycles. The van der Waals surface area contributed by atoms with Crippen LogP contribution in [0.3, 0.4) is 0 Å². The van der Waals surface area contributed by atoms with Crippen LogP contribution in [0.5, 0.6) is 5.75 Å². The summed E-state index contributed by atoms with van der Waals surface area (Å²) < 4.78 is 5.40. The number of carboxylic acids is 1. The zero-order valence-electron chi connectivity index (χ0n) is 11.0. The Kier molecular flexibility index (Phi) is 5.81. The molecular weight excluding hydrogens is 248 g/mol. The van der Waals surface area contributed by atoms with Gasteiger partial charge >= 0.3 is 5.97 Å². The zero-order chi connectivity index (χ0) is 14.3. The first-order chi connectivity index (χ1) is 9.04. The summed E-state index contributed by atoms with van der Waals surface area (Å²) >= 11 is 0. The number of nitrogens with one attached hydrogen (secondary N) is 2. The number of amides is 1. The lowest BCUT2D eigenvalue weighted by molar-refractivity contribution is -0.122. The average Bonchev–Trinajstić information content (AvgIpc) is 2.42. The van der Waals surface area contributed by atoms with Gasteiger partial charge in [-0.3, -0.25) is 4.79 Å². The number of likely N-dealkylation sites (N-methyl/N-ethyl adjacent to an activating group) is 1. The molecule has 19 heavy (non-hydrogen) atoms. The fourth-order valence-corrected chi connectivity index (χ4v) is 1.47. The lowest BCUT2D eigenvalue weighted by atomic mass is 10.2. The van der Waals surface area contributed by atoms with Crippen LogP contribution in [0.2, 0.25) is 0 Å². The van der Waals surface area contributed by atoms with Crippen LogP contribution in [-0.4, -0.2) is 43.2 Å². The second kappa shape index (κ2) is 7.38. The second-order valence-electron chi connectivity index (χ2n) is 3.97. The Morgan fingerprint density at radius 3 is 2.79 bits per heavy atom. The summed E-state index contributed by atoms with van der Waals surface area (Å²) in [4.78, 5) is 22.0. The molecule has 3 N–H and O–H groups in total. The van der Waals surface area contributed by atoms with Gasteiger partial charge < -0.3 is 20.5 Å². The van der Waals surface area contributed by atoms with E-state index >= 15 is 0 Å². The third-order valence-corrected chi connectivity index (χ3v) is 2.54. The van der Waals surface area contributed by atoms with E-state index in [4.69, 9.17) is 9.84 Å². The van der Waals surface area contributed by atoms with E-state index in [0.29, 0.717) is 18.9 Å². The third-order valence-electron chi connectivity index (χ3n) is 2.54. The zero-order valence-corrected chi connectivity index (χ0v) is 11.0. The van der Waals surface area contributed by atoms with E-state index in [1.165, 1.54) is 12.1 Å². The molecule has 1 amide bonds. The van der Waals surface area contributed by atoms with Crippen LogP contribution in [0.15, 0.2) is 24.3 Å². The quantitative estimate of drug-likeness (QED) is 0.625. The average molecular weight is 266 g/mol. The maximum absolute atomic E-state index is 11.2. The molecule has 0 fully saturated rings. The molecule has 6 nitrogen and oxygen atoms in total. The topological polar surface area (TPSA) is 87.7 Å². The van der Waals surface area contributed by atoms with Crippen molar-refractivity contribution in [2.24, 2.45) is 0 Å². The number of ether oxygens (including phenoxy) is 1. The summed E-state index contributed by atoms with van der Waals surface area (Å²) in [6.45, 7) is 2.60. The van der Waals surface area contributed by atoms with Crippen LogP contribution in [0.4, 0.5) is 0 Å². The van der Waals surface area contributed by atoms with Crippen molar-refractivity contribution < 1.29 is 19.4 Å². The monoisotopic (exact) mass is 266 g/mol. The third kappa shape index (κ3) is 4.97. The van der Waals surface area contributed by atoms with E-state index in [1.807, 2.05) is 0 Å². The summed E-state index contributed by atoms with van der Waals surface area (Å²) in [6, 6.07) is 5.98. The lowest BCUT2D eigenvalue weighted by Gasteiger charge is -2.12. The molecule has 0 radical (unpaired) electrons. The van der Waals surface area contributed by atoms with E-state index in [1.54, 1.807) is 26.1 Å². The normalized spacial score (nSPS) is 11.7. The number of aromatic carboxylic acids is 1. The predicted octanol–water partition coefficient (Wildman–Crippen LogP) is 0.488. The second-order valence-corrected chi connectivity index (χ2v) is 3.97. The summed E-state index contributed by atoms with van der Waals surface area (Å²) in [5.74, 6) is -0.584. The van der Waals surface area contributed by atoms with Crippen LogP contribution in [-0.2, 0) is 4.79 Å². The summed E-state index contributed by atoms with van der Waals surface area (Å²) in [5, 5.41) is 14.4. The Hall–Kier alpha value is -2.08. The van der Waals surface area contributed by atoms with Gasteiger partial charge in [0.25, 0.3) is 0 Å². The van der Waals surface area contributed by atoms with Gasteiger partial charge in [0.15, 0.2) is 0 Å². The first-order valence-electron chi connectivity index (χ1n) is 5.95. The highest BCUT2D eigenvalue weighted by molar-refractivity contribution is 5.88. The lowest BCUT2D eigenvalue weighted by Crippen LogP contribution is -2.42. The van der Waals surface area contributed by atoms with E-state index in [9.17, 15) is 9.59 Å². The van der Waals surface area contributed by atoms with Gasteiger partial charge in [-0.05, 0) is 25.1 Å². The molecule has 0 aliphatic carbocycles. The molecule has 0 aliphatic heterocycles. The maximum Gasteiger partial charge on any atom is 0.335 e. The summed E-state index contributed by atoms with van der Waals surface area (Å²) in [6.07, 6.45) is 0. The van der Waals surface area contributed by atoms with Crippen LogP contribution >= 0.6 is 0 Å². The van der Waals surface area contributed by atoms with Gasteiger partial charge in [0.05, 0.1) is 11.6 Å². The van der Waals surface area contributed by atoms with E-state index in [2.05, 4.69) is 10.6 Å². The highest BCUT2D eigenvalue weighted by atomic mass is 16.5. The van der Waals surface area contributed by atoms with Gasteiger partial charge in [0.2, 0.25) is 5.91 Å². The maximum atomic E-state index is 11.2. The molecule has 0 aromatic heterocycles. The van der Waals surface area contributed by atoms with Crippen LogP contribution in [0.1, 0.15) is 17.3 Å². The van der Waals surface area contributed by atoms with Crippen molar-refractivity contribution in [2.45, 2.75) is 13.0 Å². The molecule has 1 unspecified atom stereocenters. The van der Waals surface area contributed by atoms with Gasteiger partial charge in [0.1, 0.15) is 12.4 Å². The molecule has 6 heteroatoms. The molecule has 1 aromatic rings. The molecule has 1 aromatic carbocycles. The number of benzene rings is 1. The molecule has 0 aliphatic rings. The van der Waals surface area contributed by atoms with Crippen LogP contribution in [0.25, 0.3) is 0 Å². The number of carbonyl (C=O) groups excluding carboxylic acids is 1. The van der Waals surface area contributed by atoms with Crippen LogP contribution in [0, 0.1) is 0 Å². The summed E-state index contributed by atoms with van der Waals surface area (Å²) in [5.41, 5.74) is 0.184. The van der Waals surface area contributed by atoms with Crippen molar-refractivity contribution in [3.05, 3.63) is 29.8 Å². The minimum absolute atomic E-state index is 0.0899. The molecule has 0 spiro atoms. The van der Waals surface area contributed by atoms with Crippen molar-refractivity contribution >= 4 is 11.9 Å². The standard InChI is InChI=1S/C13H18N2O4/c1-9(12(16)14-2)15-6-7-19-11-5-3-4-10(8-11)13(17)18/h3-5,8-9,15H,6-7H2,1-2H3,(H,14,16)(H,17,18). The fraction of sp³-hybridized carbons (Fsp3) is 0.385. The number of hydrogen-bond acceptors (Lipinski definition) is 4. The van der Waals surface area contributed by atoms with Gasteiger partial charge in [-0.2, -0.15) is 0 Å². The smallest absolute Gasteiger partial charge is 0.335 e. The predicted molar refractivity (Wildman–Crippen MR) is 70.4 cm³/mol. The van der Waals surface area contributed by atoms with Crippen molar-refractivity contribution in [1.82, 2.24) is 10.6 Å². The van der Waals surface area contributed by atoms with Gasteiger partial charge in [0, 0.05) is 13.6 Å². The SMILES string of the molecule is CNC(=O)C(C)NCCOc1cccc(C(=O)O)c1. The first kappa shape index (κ1) is 15.0. The van der Waals surface area contributed by atoms with Crippen molar-refractivity contribution in [1.29, 1.82) is 0 Å². The Labute approximate surface area is 111 Å². The number of rotatable bonds is 7. The molecule has 1 rings (SSSR count). The molecule has 104 valence electrons. The fourth-order valence-electron chi connectivity index (χ4n) is 1.47. The number of carboxylic acid groups (broad SMARTS) is 1. The molecule has 0 bridgehead atoms. The largest absolute Gasteiger partial charge is 0.492 e. The number of hydrogen-bond donors (Lipinski definition) is 3. The van der Waals surface area contributed by atoms with Crippen molar-refractivity contribution in [3.8, 4) is 5.75 Å². The molecule has 0 saturated carbocycles. The summed E-state index contributed by atoms with van der Waals surface area (Å²) in [7, 11) is 1.58. The minimum Gasteiger partial charge on any atom is -0.492 e. The van der Waals surface area contributed by atoms with E-state index < -0.39 is 5.97 Å². The van der Waals surface area contributed by atoms with Crippen LogP contribution < -0.4 is 15.4 Å². The van der Waals surface area contributed by atoms with Gasteiger partial charge in [-0.25, -0.2) is 4.79 Å². The first-order valence-corrected chi connectivity index (χ1v) is 5.95. The highest BCUT2D eigenvalue weighted by Crippen LogP contribution is 2.12. The highest BCUT2D eigenvalue weighted by Gasteiger charge is 2.09. The van der Waals surface area contributed by atoms with Crippen molar-refractivity contribution in [3.63, 3.8) is 0 Å². The minimum atomic E-state index is -0.989. The van der Waals surface area contributed by atoms with Gasteiger partial charge in [-0.1, -0.05) is 6.07 Å². The Morgan fingerprint density at radius 2 is 2.16 bits per heavy atom. The number of carbonyl (C=O) groups is 2. The molecule has 1 atom stereocenters. The Balaban J connectivity index is 2.35. The van der Waals surface area contributed by atoms with Gasteiger partial charge in [-0.15, -0.1) is 0 Å². The Morgan fingerprint density at radius 1 is 1.42 bits per heavy atom. The Bertz CT molecular complexity index is 448. The molecular formula is C13H18N2O4. The van der Waals surface area contributed by atoms with Crippen molar-refractivity contribution in [2.75, 3.05) is 20.2 Å². The van der Waals surface area contributed by atoms with E-state index in [-0.39, 0.29) is 17.5 Å². The van der Waals surface area contributed by atoms with E-state index in [0.717, 1.165) is 0 Å².